The Hall–Kier alpha value is -1.34. The lowest BCUT2D eigenvalue weighted by Gasteiger charge is -2.07. The third-order valence-electron chi connectivity index (χ3n) is 2.25. The van der Waals surface area contributed by atoms with Gasteiger partial charge < -0.3 is 9.88 Å². The largest absolute Gasteiger partial charge is 0.351 e. The summed E-state index contributed by atoms with van der Waals surface area (Å²) in [6, 6.07) is 1.18. The third-order valence-corrected chi connectivity index (χ3v) is 3.88. The molecular weight excluding hydrogens is 254 g/mol. The van der Waals surface area contributed by atoms with E-state index in [2.05, 4.69) is 10.0 Å². The molecule has 1 rings (SSSR count). The van der Waals surface area contributed by atoms with Gasteiger partial charge in [0.25, 0.3) is 5.91 Å². The Morgan fingerprint density at radius 1 is 1.44 bits per heavy atom. The molecule has 1 aromatic heterocycles. The molecule has 0 fully saturated rings. The predicted octanol–water partition coefficient (Wildman–Crippen LogP) is 0.461. The summed E-state index contributed by atoms with van der Waals surface area (Å²) >= 11 is 0. The second-order valence-electron chi connectivity index (χ2n) is 4.31. The average molecular weight is 273 g/mol. The number of amides is 1. The quantitative estimate of drug-likeness (QED) is 0.818. The molecule has 0 radical (unpaired) electrons. The molecule has 1 heterocycles. The van der Waals surface area contributed by atoms with Gasteiger partial charge in [0.05, 0.1) is 0 Å². The van der Waals surface area contributed by atoms with Gasteiger partial charge in [0.15, 0.2) is 0 Å². The van der Waals surface area contributed by atoms with E-state index in [1.807, 2.05) is 0 Å². The van der Waals surface area contributed by atoms with Gasteiger partial charge in [-0.1, -0.05) is 0 Å². The minimum atomic E-state index is -3.56. The predicted molar refractivity (Wildman–Crippen MR) is 68.9 cm³/mol. The molecule has 6 nitrogen and oxygen atoms in total. The first-order valence-electron chi connectivity index (χ1n) is 5.74. The van der Waals surface area contributed by atoms with Gasteiger partial charge >= 0.3 is 0 Å². The van der Waals surface area contributed by atoms with Gasteiger partial charge in [0.1, 0.15) is 10.6 Å². The fraction of sp³-hybridized carbons (Fsp3) is 0.545. The molecule has 0 aliphatic heterocycles. The number of carbonyl (C=O) groups excluding carboxylic acids is 1. The van der Waals surface area contributed by atoms with Crippen molar-refractivity contribution in [1.82, 2.24) is 14.6 Å². The van der Waals surface area contributed by atoms with E-state index in [9.17, 15) is 13.2 Å². The van der Waals surface area contributed by atoms with Crippen LogP contribution < -0.4 is 10.0 Å². The van der Waals surface area contributed by atoms with Crippen molar-refractivity contribution in [1.29, 1.82) is 0 Å². The number of sulfonamides is 1. The number of carbonyl (C=O) groups is 1. The first-order chi connectivity index (χ1) is 8.27. The zero-order valence-corrected chi connectivity index (χ0v) is 11.8. The molecule has 102 valence electrons. The van der Waals surface area contributed by atoms with E-state index in [0.717, 1.165) is 0 Å². The van der Waals surface area contributed by atoms with Crippen molar-refractivity contribution in [2.75, 3.05) is 6.54 Å². The summed E-state index contributed by atoms with van der Waals surface area (Å²) in [5, 5.41) is 2.63. The van der Waals surface area contributed by atoms with Gasteiger partial charge in [-0.15, -0.1) is 0 Å². The highest BCUT2D eigenvalue weighted by Gasteiger charge is 2.20. The van der Waals surface area contributed by atoms with Crippen LogP contribution in [0.4, 0.5) is 0 Å². The van der Waals surface area contributed by atoms with E-state index >= 15 is 0 Å². The number of nitrogens with zero attached hydrogens (tertiary/aromatic N) is 1. The minimum Gasteiger partial charge on any atom is -0.351 e. The first-order valence-corrected chi connectivity index (χ1v) is 7.23. The lowest BCUT2D eigenvalue weighted by atomic mass is 10.4. The number of aromatic nitrogens is 1. The molecule has 0 saturated carbocycles. The molecule has 0 aliphatic rings. The van der Waals surface area contributed by atoms with E-state index in [1.165, 1.54) is 16.8 Å². The van der Waals surface area contributed by atoms with Crippen molar-refractivity contribution in [2.24, 2.45) is 7.05 Å². The van der Waals surface area contributed by atoms with Crippen LogP contribution in [-0.4, -0.2) is 31.5 Å². The van der Waals surface area contributed by atoms with Crippen molar-refractivity contribution in [3.8, 4) is 0 Å². The Kier molecular flexibility index (Phi) is 4.53. The lowest BCUT2D eigenvalue weighted by Crippen LogP contribution is -2.30. The third kappa shape index (κ3) is 3.33. The fourth-order valence-electron chi connectivity index (χ4n) is 1.54. The van der Waals surface area contributed by atoms with Crippen molar-refractivity contribution < 1.29 is 13.2 Å². The zero-order valence-electron chi connectivity index (χ0n) is 11.0. The summed E-state index contributed by atoms with van der Waals surface area (Å²) in [5.41, 5.74) is 0.320. The summed E-state index contributed by atoms with van der Waals surface area (Å²) < 4.78 is 27.8. The molecule has 0 spiro atoms. The van der Waals surface area contributed by atoms with Gasteiger partial charge in [-0.05, 0) is 26.8 Å². The van der Waals surface area contributed by atoms with Crippen molar-refractivity contribution in [3.63, 3.8) is 0 Å². The Labute approximate surface area is 107 Å². The van der Waals surface area contributed by atoms with Crippen molar-refractivity contribution >= 4 is 15.9 Å². The summed E-state index contributed by atoms with van der Waals surface area (Å²) in [5.74, 6) is -0.286. The topological polar surface area (TPSA) is 80.2 Å². The lowest BCUT2D eigenvalue weighted by molar-refractivity contribution is 0.0947. The summed E-state index contributed by atoms with van der Waals surface area (Å²) in [4.78, 5) is 11.8. The summed E-state index contributed by atoms with van der Waals surface area (Å²) in [6.07, 6.45) is 1.43. The SMILES string of the molecule is CCNC(=O)c1cc(S(=O)(=O)NC(C)C)cn1C. The monoisotopic (exact) mass is 273 g/mol. The van der Waals surface area contributed by atoms with Crippen LogP contribution in [0.15, 0.2) is 17.2 Å². The highest BCUT2D eigenvalue weighted by atomic mass is 32.2. The molecule has 0 unspecified atom stereocenters. The second kappa shape index (κ2) is 5.53. The first kappa shape index (κ1) is 14.7. The van der Waals surface area contributed by atoms with Gasteiger partial charge in [-0.25, -0.2) is 13.1 Å². The van der Waals surface area contributed by atoms with Crippen LogP contribution in [0.25, 0.3) is 0 Å². The maximum Gasteiger partial charge on any atom is 0.267 e. The Morgan fingerprint density at radius 3 is 2.56 bits per heavy atom. The maximum absolute atomic E-state index is 11.9. The Bertz CT molecular complexity index is 532. The fourth-order valence-corrected chi connectivity index (χ4v) is 2.86. The van der Waals surface area contributed by atoms with E-state index in [0.29, 0.717) is 12.2 Å². The van der Waals surface area contributed by atoms with Crippen LogP contribution >= 0.6 is 0 Å². The molecule has 0 aliphatic carbocycles. The average Bonchev–Trinajstić information content (AvgIpc) is 2.59. The number of aryl methyl sites for hydroxylation is 1. The highest BCUT2D eigenvalue weighted by molar-refractivity contribution is 7.89. The van der Waals surface area contributed by atoms with Crippen LogP contribution in [0, 0.1) is 0 Å². The van der Waals surface area contributed by atoms with Crippen LogP contribution in [0.5, 0.6) is 0 Å². The zero-order chi connectivity index (χ0) is 13.9. The molecule has 0 bridgehead atoms. The molecular formula is C11H19N3O3S. The van der Waals surface area contributed by atoms with E-state index in [1.54, 1.807) is 27.8 Å². The number of hydrogen-bond acceptors (Lipinski definition) is 3. The van der Waals surface area contributed by atoms with Gasteiger partial charge in [0.2, 0.25) is 10.0 Å². The van der Waals surface area contributed by atoms with E-state index in [-0.39, 0.29) is 16.8 Å². The summed E-state index contributed by atoms with van der Waals surface area (Å²) in [7, 11) is -1.92. The Balaban J connectivity index is 3.08. The van der Waals surface area contributed by atoms with Crippen LogP contribution in [0.3, 0.4) is 0 Å². The van der Waals surface area contributed by atoms with Gasteiger partial charge in [0, 0.05) is 25.8 Å². The Morgan fingerprint density at radius 2 is 2.06 bits per heavy atom. The molecule has 2 N–H and O–H groups in total. The van der Waals surface area contributed by atoms with Crippen molar-refractivity contribution in [2.45, 2.75) is 31.7 Å². The molecule has 1 amide bonds. The number of nitrogens with one attached hydrogen (secondary N) is 2. The molecule has 18 heavy (non-hydrogen) atoms. The molecule has 0 aromatic carbocycles. The molecule has 0 atom stereocenters. The number of rotatable bonds is 5. The molecule has 1 aromatic rings. The molecule has 0 saturated heterocycles. The van der Waals surface area contributed by atoms with E-state index < -0.39 is 10.0 Å². The van der Waals surface area contributed by atoms with Gasteiger partial charge in [-0.3, -0.25) is 4.79 Å². The highest BCUT2D eigenvalue weighted by Crippen LogP contribution is 2.13. The maximum atomic E-state index is 11.9. The number of hydrogen-bond donors (Lipinski definition) is 2. The van der Waals surface area contributed by atoms with E-state index in [4.69, 9.17) is 0 Å². The van der Waals surface area contributed by atoms with Crippen LogP contribution in [-0.2, 0) is 17.1 Å². The van der Waals surface area contributed by atoms with Crippen LogP contribution in [0.1, 0.15) is 31.3 Å². The van der Waals surface area contributed by atoms with Crippen molar-refractivity contribution in [3.05, 3.63) is 18.0 Å². The normalized spacial score (nSPS) is 11.8. The summed E-state index contributed by atoms with van der Waals surface area (Å²) in [6.45, 7) is 5.78. The second-order valence-corrected chi connectivity index (χ2v) is 6.02. The van der Waals surface area contributed by atoms with Crippen LogP contribution in [0.2, 0.25) is 0 Å². The standard InChI is InChI=1S/C11H19N3O3S/c1-5-12-11(15)10-6-9(7-14(10)4)18(16,17)13-8(2)3/h6-8,13H,5H2,1-4H3,(H,12,15). The molecule has 7 heteroatoms. The minimum absolute atomic E-state index is 0.0972. The van der Waals surface area contributed by atoms with Gasteiger partial charge in [-0.2, -0.15) is 0 Å². The smallest absolute Gasteiger partial charge is 0.267 e.